The summed E-state index contributed by atoms with van der Waals surface area (Å²) in [6.45, 7) is 2.03. The van der Waals surface area contributed by atoms with Crippen molar-refractivity contribution in [3.63, 3.8) is 0 Å². The van der Waals surface area contributed by atoms with E-state index in [-0.39, 0.29) is 17.3 Å². The molecule has 2 heterocycles. The minimum atomic E-state index is -0.477. The quantitative estimate of drug-likeness (QED) is 0.630. The van der Waals surface area contributed by atoms with Gasteiger partial charge >= 0.3 is 5.97 Å². The Morgan fingerprint density at radius 2 is 2.22 bits per heavy atom. The van der Waals surface area contributed by atoms with Crippen molar-refractivity contribution in [1.82, 2.24) is 9.97 Å². The van der Waals surface area contributed by atoms with Gasteiger partial charge in [-0.15, -0.1) is 0 Å². The topological polar surface area (TPSA) is 52.1 Å². The monoisotopic (exact) mass is 262 g/mol. The van der Waals surface area contributed by atoms with Gasteiger partial charge in [-0.1, -0.05) is 17.7 Å². The number of hydrogen-bond donors (Lipinski definition) is 0. The van der Waals surface area contributed by atoms with Crippen LogP contribution in [0.1, 0.15) is 17.3 Å². The lowest BCUT2D eigenvalue weighted by atomic mass is 10.0. The Morgan fingerprint density at radius 3 is 2.89 bits per heavy atom. The molecule has 2 aromatic rings. The summed E-state index contributed by atoms with van der Waals surface area (Å²) in [4.78, 5) is 19.8. The number of hydrogen-bond acceptors (Lipinski definition) is 4. The second-order valence-electron chi connectivity index (χ2n) is 3.49. The molecule has 0 aliphatic carbocycles. The molecule has 0 amide bonds. The number of rotatable bonds is 3. The molecule has 0 spiro atoms. The molecule has 5 heteroatoms. The highest BCUT2D eigenvalue weighted by Gasteiger charge is 2.18. The van der Waals surface area contributed by atoms with Crippen LogP contribution in [0, 0.1) is 0 Å². The first-order valence-electron chi connectivity index (χ1n) is 5.46. The van der Waals surface area contributed by atoms with Crippen molar-refractivity contribution in [2.45, 2.75) is 6.92 Å². The number of carbonyl (C=O) groups is 1. The maximum Gasteiger partial charge on any atom is 0.341 e. The fraction of sp³-hybridized carbons (Fsp3) is 0.154. The van der Waals surface area contributed by atoms with E-state index in [4.69, 9.17) is 16.3 Å². The van der Waals surface area contributed by atoms with Gasteiger partial charge < -0.3 is 4.74 Å². The van der Waals surface area contributed by atoms with Crippen molar-refractivity contribution >= 4 is 17.6 Å². The van der Waals surface area contributed by atoms with Crippen molar-refractivity contribution in [2.75, 3.05) is 6.61 Å². The standard InChI is InChI=1S/C13H11ClN2O2/c1-2-18-13(17)11-10(5-7-16-12(11)14)9-4-3-6-15-8-9/h3-8H,2H2,1H3. The van der Waals surface area contributed by atoms with Crippen LogP contribution in [0.15, 0.2) is 36.8 Å². The van der Waals surface area contributed by atoms with E-state index in [1.54, 1.807) is 37.6 Å². The Kier molecular flexibility index (Phi) is 3.89. The third-order valence-corrected chi connectivity index (χ3v) is 2.64. The van der Waals surface area contributed by atoms with Crippen LogP contribution < -0.4 is 0 Å². The number of ether oxygens (including phenoxy) is 1. The summed E-state index contributed by atoms with van der Waals surface area (Å²) in [6.07, 6.45) is 4.87. The van der Waals surface area contributed by atoms with E-state index >= 15 is 0 Å². The normalized spacial score (nSPS) is 10.1. The number of pyridine rings is 2. The van der Waals surface area contributed by atoms with Crippen molar-refractivity contribution < 1.29 is 9.53 Å². The van der Waals surface area contributed by atoms with Gasteiger partial charge in [0.05, 0.1) is 6.61 Å². The smallest absolute Gasteiger partial charge is 0.341 e. The van der Waals surface area contributed by atoms with Gasteiger partial charge in [0.25, 0.3) is 0 Å². The SMILES string of the molecule is CCOC(=O)c1c(-c2cccnc2)ccnc1Cl. The molecule has 0 saturated heterocycles. The Bertz CT molecular complexity index is 558. The van der Waals surface area contributed by atoms with E-state index in [0.717, 1.165) is 5.56 Å². The lowest BCUT2D eigenvalue weighted by Crippen LogP contribution is -2.08. The van der Waals surface area contributed by atoms with Gasteiger partial charge in [0, 0.05) is 29.7 Å². The summed E-state index contributed by atoms with van der Waals surface area (Å²) in [6, 6.07) is 5.36. The minimum absolute atomic E-state index is 0.134. The van der Waals surface area contributed by atoms with E-state index in [2.05, 4.69) is 9.97 Å². The van der Waals surface area contributed by atoms with Crippen LogP contribution in [0.3, 0.4) is 0 Å². The number of esters is 1. The molecule has 0 N–H and O–H groups in total. The summed E-state index contributed by atoms with van der Waals surface area (Å²) in [5.74, 6) is -0.477. The van der Waals surface area contributed by atoms with Crippen LogP contribution >= 0.6 is 11.6 Å². The Hall–Kier alpha value is -1.94. The highest BCUT2D eigenvalue weighted by Crippen LogP contribution is 2.27. The second kappa shape index (κ2) is 5.60. The van der Waals surface area contributed by atoms with Gasteiger partial charge in [0.2, 0.25) is 0 Å². The third-order valence-electron chi connectivity index (χ3n) is 2.36. The number of nitrogens with zero attached hydrogens (tertiary/aromatic N) is 2. The molecule has 0 radical (unpaired) electrons. The molecule has 2 aromatic heterocycles. The maximum absolute atomic E-state index is 11.9. The summed E-state index contributed by atoms with van der Waals surface area (Å²) in [5.41, 5.74) is 1.74. The number of aromatic nitrogens is 2. The summed E-state index contributed by atoms with van der Waals surface area (Å²) in [7, 11) is 0. The van der Waals surface area contributed by atoms with Gasteiger partial charge in [-0.05, 0) is 19.1 Å². The third kappa shape index (κ3) is 2.49. The predicted octanol–water partition coefficient (Wildman–Crippen LogP) is 2.97. The molecular weight excluding hydrogens is 252 g/mol. The van der Waals surface area contributed by atoms with Gasteiger partial charge in [0.15, 0.2) is 0 Å². The molecule has 0 atom stereocenters. The van der Waals surface area contributed by atoms with Gasteiger partial charge in [0.1, 0.15) is 10.7 Å². The lowest BCUT2D eigenvalue weighted by molar-refractivity contribution is 0.0527. The average Bonchev–Trinajstić information content (AvgIpc) is 2.39. The van der Waals surface area contributed by atoms with Crippen molar-refractivity contribution in [3.8, 4) is 11.1 Å². The van der Waals surface area contributed by atoms with E-state index in [1.807, 2.05) is 6.07 Å². The molecule has 0 aromatic carbocycles. The molecule has 0 fully saturated rings. The van der Waals surface area contributed by atoms with E-state index in [1.165, 1.54) is 0 Å². The molecule has 2 rings (SSSR count). The highest BCUT2D eigenvalue weighted by atomic mass is 35.5. The van der Waals surface area contributed by atoms with E-state index in [9.17, 15) is 4.79 Å². The van der Waals surface area contributed by atoms with E-state index < -0.39 is 5.97 Å². The molecule has 18 heavy (non-hydrogen) atoms. The predicted molar refractivity (Wildman–Crippen MR) is 68.4 cm³/mol. The molecule has 0 bridgehead atoms. The van der Waals surface area contributed by atoms with Gasteiger partial charge in [-0.25, -0.2) is 9.78 Å². The van der Waals surface area contributed by atoms with Crippen molar-refractivity contribution in [1.29, 1.82) is 0 Å². The van der Waals surface area contributed by atoms with E-state index in [0.29, 0.717) is 5.56 Å². The first-order chi connectivity index (χ1) is 8.74. The van der Waals surface area contributed by atoms with Crippen LogP contribution in [-0.4, -0.2) is 22.5 Å². The molecular formula is C13H11ClN2O2. The maximum atomic E-state index is 11.9. The second-order valence-corrected chi connectivity index (χ2v) is 3.84. The molecule has 92 valence electrons. The average molecular weight is 263 g/mol. The number of carbonyl (C=O) groups excluding carboxylic acids is 1. The Balaban J connectivity index is 2.55. The first-order valence-corrected chi connectivity index (χ1v) is 5.84. The Morgan fingerprint density at radius 1 is 1.39 bits per heavy atom. The summed E-state index contributed by atoms with van der Waals surface area (Å²) in [5, 5.41) is 0.134. The zero-order chi connectivity index (χ0) is 13.0. The van der Waals surface area contributed by atoms with Crippen molar-refractivity contribution in [3.05, 3.63) is 47.5 Å². The number of halogens is 1. The van der Waals surface area contributed by atoms with Crippen LogP contribution in [-0.2, 0) is 4.74 Å². The lowest BCUT2D eigenvalue weighted by Gasteiger charge is -2.09. The van der Waals surface area contributed by atoms with Crippen LogP contribution in [0.2, 0.25) is 5.15 Å². The molecule has 0 aliphatic heterocycles. The molecule has 0 aliphatic rings. The summed E-state index contributed by atoms with van der Waals surface area (Å²) >= 11 is 5.98. The molecule has 0 saturated carbocycles. The molecule has 4 nitrogen and oxygen atoms in total. The van der Waals surface area contributed by atoms with Crippen LogP contribution in [0.25, 0.3) is 11.1 Å². The summed E-state index contributed by atoms with van der Waals surface area (Å²) < 4.78 is 4.99. The minimum Gasteiger partial charge on any atom is -0.462 e. The Labute approximate surface area is 110 Å². The van der Waals surface area contributed by atoms with Crippen molar-refractivity contribution in [2.24, 2.45) is 0 Å². The van der Waals surface area contributed by atoms with Gasteiger partial charge in [-0.2, -0.15) is 0 Å². The first kappa shape index (κ1) is 12.5. The molecule has 0 unspecified atom stereocenters. The zero-order valence-electron chi connectivity index (χ0n) is 9.76. The largest absolute Gasteiger partial charge is 0.462 e. The van der Waals surface area contributed by atoms with Crippen LogP contribution in [0.4, 0.5) is 0 Å². The highest BCUT2D eigenvalue weighted by molar-refractivity contribution is 6.33. The van der Waals surface area contributed by atoms with Crippen LogP contribution in [0.5, 0.6) is 0 Å². The zero-order valence-corrected chi connectivity index (χ0v) is 10.5. The fourth-order valence-corrected chi connectivity index (χ4v) is 1.83. The fourth-order valence-electron chi connectivity index (χ4n) is 1.60. The van der Waals surface area contributed by atoms with Gasteiger partial charge in [-0.3, -0.25) is 4.98 Å².